The summed E-state index contributed by atoms with van der Waals surface area (Å²) in [6.07, 6.45) is 3.38. The first-order valence-electron chi connectivity index (χ1n) is 8.06. The summed E-state index contributed by atoms with van der Waals surface area (Å²) < 4.78 is 10.5. The average Bonchev–Trinajstić information content (AvgIpc) is 3.07. The van der Waals surface area contributed by atoms with Gasteiger partial charge in [-0.1, -0.05) is 0 Å². The average molecular weight is 339 g/mol. The van der Waals surface area contributed by atoms with E-state index in [9.17, 15) is 9.59 Å². The molecule has 0 saturated carbocycles. The zero-order chi connectivity index (χ0) is 17.2. The molecule has 1 saturated heterocycles. The van der Waals surface area contributed by atoms with Crippen LogP contribution in [0.2, 0.25) is 0 Å². The van der Waals surface area contributed by atoms with Crippen molar-refractivity contribution < 1.29 is 19.1 Å². The molecule has 1 aromatic carbocycles. The SMILES string of the molecule is O=C(NCc1ccncc1)C1CN(C(=O)c2ccc3c(c2)OCO3)C1. The summed E-state index contributed by atoms with van der Waals surface area (Å²) in [5, 5.41) is 2.89. The van der Waals surface area contributed by atoms with Gasteiger partial charge in [-0.3, -0.25) is 14.6 Å². The molecule has 0 aliphatic carbocycles. The first-order chi connectivity index (χ1) is 12.2. The van der Waals surface area contributed by atoms with Gasteiger partial charge in [0, 0.05) is 37.6 Å². The van der Waals surface area contributed by atoms with Crippen LogP contribution in [0.25, 0.3) is 0 Å². The van der Waals surface area contributed by atoms with Crippen LogP contribution in [0.15, 0.2) is 42.7 Å². The molecule has 2 aromatic rings. The number of hydrogen-bond acceptors (Lipinski definition) is 5. The Kier molecular flexibility index (Phi) is 3.97. The number of aromatic nitrogens is 1. The third kappa shape index (κ3) is 3.13. The maximum Gasteiger partial charge on any atom is 0.254 e. The van der Waals surface area contributed by atoms with Gasteiger partial charge in [-0.15, -0.1) is 0 Å². The Labute approximate surface area is 144 Å². The fourth-order valence-corrected chi connectivity index (χ4v) is 2.86. The molecule has 25 heavy (non-hydrogen) atoms. The molecule has 0 bridgehead atoms. The number of carbonyl (C=O) groups excluding carboxylic acids is 2. The molecule has 3 heterocycles. The molecule has 4 rings (SSSR count). The Bertz CT molecular complexity index is 803. The van der Waals surface area contributed by atoms with Gasteiger partial charge in [0.15, 0.2) is 11.5 Å². The van der Waals surface area contributed by atoms with Crippen molar-refractivity contribution in [2.24, 2.45) is 5.92 Å². The number of fused-ring (bicyclic) bond motifs is 1. The highest BCUT2D eigenvalue weighted by molar-refractivity contribution is 5.96. The quantitative estimate of drug-likeness (QED) is 0.905. The zero-order valence-corrected chi connectivity index (χ0v) is 13.5. The van der Waals surface area contributed by atoms with Gasteiger partial charge in [-0.05, 0) is 35.9 Å². The molecule has 0 unspecified atom stereocenters. The van der Waals surface area contributed by atoms with Crippen molar-refractivity contribution in [2.45, 2.75) is 6.54 Å². The van der Waals surface area contributed by atoms with E-state index in [1.807, 2.05) is 12.1 Å². The number of nitrogens with zero attached hydrogens (tertiary/aromatic N) is 2. The first-order valence-corrected chi connectivity index (χ1v) is 8.06. The highest BCUT2D eigenvalue weighted by Crippen LogP contribution is 2.33. The van der Waals surface area contributed by atoms with Crippen molar-refractivity contribution in [1.82, 2.24) is 15.2 Å². The molecule has 0 radical (unpaired) electrons. The fraction of sp³-hybridized carbons (Fsp3) is 0.278. The standard InChI is InChI=1S/C18H17N3O4/c22-17(20-8-12-3-5-19-6-4-12)14-9-21(10-14)18(23)13-1-2-15-16(7-13)25-11-24-15/h1-7,14H,8-11H2,(H,20,22). The third-order valence-electron chi connectivity index (χ3n) is 4.38. The second-order valence-electron chi connectivity index (χ2n) is 6.05. The molecule has 1 N–H and O–H groups in total. The summed E-state index contributed by atoms with van der Waals surface area (Å²) >= 11 is 0. The van der Waals surface area contributed by atoms with Crippen molar-refractivity contribution >= 4 is 11.8 Å². The van der Waals surface area contributed by atoms with Crippen molar-refractivity contribution in [2.75, 3.05) is 19.9 Å². The van der Waals surface area contributed by atoms with Crippen molar-refractivity contribution in [3.8, 4) is 11.5 Å². The number of hydrogen-bond donors (Lipinski definition) is 1. The topological polar surface area (TPSA) is 80.8 Å². The van der Waals surface area contributed by atoms with Gasteiger partial charge in [-0.2, -0.15) is 0 Å². The lowest BCUT2D eigenvalue weighted by atomic mass is 9.97. The van der Waals surface area contributed by atoms with Gasteiger partial charge < -0.3 is 19.7 Å². The summed E-state index contributed by atoms with van der Waals surface area (Å²) in [6.45, 7) is 1.50. The number of pyridine rings is 1. The predicted molar refractivity (Wildman–Crippen MR) is 88.0 cm³/mol. The van der Waals surface area contributed by atoms with Crippen LogP contribution in [0.1, 0.15) is 15.9 Å². The number of carbonyl (C=O) groups is 2. The summed E-state index contributed by atoms with van der Waals surface area (Å²) in [5.41, 5.74) is 1.54. The number of ether oxygens (including phenoxy) is 2. The number of benzene rings is 1. The number of likely N-dealkylation sites (tertiary alicyclic amines) is 1. The van der Waals surface area contributed by atoms with E-state index in [0.717, 1.165) is 5.56 Å². The van der Waals surface area contributed by atoms with E-state index < -0.39 is 0 Å². The first kappa shape index (κ1) is 15.4. The van der Waals surface area contributed by atoms with Gasteiger partial charge in [0.2, 0.25) is 12.7 Å². The minimum Gasteiger partial charge on any atom is -0.454 e. The van der Waals surface area contributed by atoms with Crippen LogP contribution in [0.4, 0.5) is 0 Å². The van der Waals surface area contributed by atoms with Gasteiger partial charge in [0.25, 0.3) is 5.91 Å². The second kappa shape index (κ2) is 6.43. The van der Waals surface area contributed by atoms with Crippen LogP contribution in [0.3, 0.4) is 0 Å². The second-order valence-corrected chi connectivity index (χ2v) is 6.05. The summed E-state index contributed by atoms with van der Waals surface area (Å²) in [5.74, 6) is 0.925. The van der Waals surface area contributed by atoms with Crippen molar-refractivity contribution in [1.29, 1.82) is 0 Å². The molecular weight excluding hydrogens is 322 g/mol. The molecule has 7 nitrogen and oxygen atoms in total. The largest absolute Gasteiger partial charge is 0.454 e. The van der Waals surface area contributed by atoms with E-state index in [1.54, 1.807) is 35.5 Å². The Hall–Kier alpha value is -3.09. The van der Waals surface area contributed by atoms with E-state index in [-0.39, 0.29) is 24.5 Å². The lowest BCUT2D eigenvalue weighted by Gasteiger charge is -2.38. The molecule has 2 amide bonds. The molecule has 128 valence electrons. The van der Waals surface area contributed by atoms with E-state index in [0.29, 0.717) is 36.7 Å². The van der Waals surface area contributed by atoms with Crippen molar-refractivity contribution in [3.63, 3.8) is 0 Å². The summed E-state index contributed by atoms with van der Waals surface area (Å²) in [4.78, 5) is 30.2. The maximum atomic E-state index is 12.5. The van der Waals surface area contributed by atoms with Gasteiger partial charge >= 0.3 is 0 Å². The van der Waals surface area contributed by atoms with E-state index in [2.05, 4.69) is 10.3 Å². The van der Waals surface area contributed by atoms with Crippen LogP contribution < -0.4 is 14.8 Å². The Morgan fingerprint density at radius 2 is 1.88 bits per heavy atom. The van der Waals surface area contributed by atoms with Gasteiger partial charge in [-0.25, -0.2) is 0 Å². The highest BCUT2D eigenvalue weighted by Gasteiger charge is 2.36. The lowest BCUT2D eigenvalue weighted by molar-refractivity contribution is -0.129. The third-order valence-corrected chi connectivity index (χ3v) is 4.38. The molecule has 1 fully saturated rings. The minimum atomic E-state index is -0.167. The lowest BCUT2D eigenvalue weighted by Crippen LogP contribution is -2.55. The Morgan fingerprint density at radius 1 is 1.12 bits per heavy atom. The van der Waals surface area contributed by atoms with Crippen LogP contribution in [-0.4, -0.2) is 41.6 Å². The molecule has 2 aliphatic rings. The molecule has 7 heteroatoms. The summed E-state index contributed by atoms with van der Waals surface area (Å²) in [6, 6.07) is 8.84. The molecular formula is C18H17N3O4. The van der Waals surface area contributed by atoms with E-state index in [4.69, 9.17) is 9.47 Å². The predicted octanol–water partition coefficient (Wildman–Crippen LogP) is 1.20. The number of amides is 2. The maximum absolute atomic E-state index is 12.5. The Morgan fingerprint density at radius 3 is 2.68 bits per heavy atom. The Balaban J connectivity index is 1.29. The highest BCUT2D eigenvalue weighted by atomic mass is 16.7. The molecule has 1 aromatic heterocycles. The molecule has 0 atom stereocenters. The minimum absolute atomic E-state index is 0.0356. The summed E-state index contributed by atoms with van der Waals surface area (Å²) in [7, 11) is 0. The smallest absolute Gasteiger partial charge is 0.254 e. The molecule has 0 spiro atoms. The monoisotopic (exact) mass is 339 g/mol. The molecule has 2 aliphatic heterocycles. The van der Waals surface area contributed by atoms with Crippen LogP contribution in [0.5, 0.6) is 11.5 Å². The normalized spacial score (nSPS) is 15.6. The number of rotatable bonds is 4. The van der Waals surface area contributed by atoms with Crippen LogP contribution >= 0.6 is 0 Å². The van der Waals surface area contributed by atoms with Gasteiger partial charge in [0.1, 0.15) is 0 Å². The van der Waals surface area contributed by atoms with E-state index in [1.165, 1.54) is 0 Å². The van der Waals surface area contributed by atoms with Crippen LogP contribution in [0, 0.1) is 5.92 Å². The van der Waals surface area contributed by atoms with Crippen LogP contribution in [-0.2, 0) is 11.3 Å². The fourth-order valence-electron chi connectivity index (χ4n) is 2.86. The number of nitrogens with one attached hydrogen (secondary N) is 1. The van der Waals surface area contributed by atoms with Crippen molar-refractivity contribution in [3.05, 3.63) is 53.9 Å². The van der Waals surface area contributed by atoms with E-state index >= 15 is 0 Å². The van der Waals surface area contributed by atoms with Gasteiger partial charge in [0.05, 0.1) is 5.92 Å². The zero-order valence-electron chi connectivity index (χ0n) is 13.5.